The third-order valence-electron chi connectivity index (χ3n) is 3.72. The Morgan fingerprint density at radius 1 is 1.40 bits per heavy atom. The van der Waals surface area contributed by atoms with E-state index in [1.165, 1.54) is 0 Å². The van der Waals surface area contributed by atoms with Gasteiger partial charge in [-0.15, -0.1) is 0 Å². The van der Waals surface area contributed by atoms with Gasteiger partial charge in [-0.05, 0) is 31.5 Å². The normalized spacial score (nSPS) is 17.6. The van der Waals surface area contributed by atoms with E-state index in [0.717, 1.165) is 37.2 Å². The Kier molecular flexibility index (Phi) is 3.69. The van der Waals surface area contributed by atoms with Gasteiger partial charge >= 0.3 is 0 Å². The van der Waals surface area contributed by atoms with E-state index in [4.69, 9.17) is 4.42 Å². The highest BCUT2D eigenvalue weighted by molar-refractivity contribution is 5.78. The summed E-state index contributed by atoms with van der Waals surface area (Å²) in [6.45, 7) is 5.73. The number of carbonyl (C=O) groups excluding carboxylic acids is 1. The molecule has 1 aliphatic heterocycles. The lowest BCUT2D eigenvalue weighted by atomic mass is 10.3. The average molecular weight is 273 g/mol. The van der Waals surface area contributed by atoms with Crippen molar-refractivity contribution in [3.63, 3.8) is 0 Å². The molecule has 0 saturated carbocycles. The first-order valence-corrected chi connectivity index (χ1v) is 7.10. The van der Waals surface area contributed by atoms with E-state index in [1.807, 2.05) is 30.0 Å². The summed E-state index contributed by atoms with van der Waals surface area (Å²) in [5.41, 5.74) is 0.666. The van der Waals surface area contributed by atoms with Crippen LogP contribution in [0.15, 0.2) is 28.8 Å². The van der Waals surface area contributed by atoms with Gasteiger partial charge in [-0.2, -0.15) is 0 Å². The molecule has 5 nitrogen and oxygen atoms in total. The molecular formula is C15H19N3O2. The predicted octanol–water partition coefficient (Wildman–Crippen LogP) is 1.88. The smallest absolute Gasteiger partial charge is 0.236 e. The van der Waals surface area contributed by atoms with Crippen LogP contribution >= 0.6 is 0 Å². The van der Waals surface area contributed by atoms with E-state index >= 15 is 0 Å². The van der Waals surface area contributed by atoms with Crippen molar-refractivity contribution in [1.82, 2.24) is 14.8 Å². The summed E-state index contributed by atoms with van der Waals surface area (Å²) in [6.07, 6.45) is 2.74. The summed E-state index contributed by atoms with van der Waals surface area (Å²) in [6, 6.07) is 5.90. The van der Waals surface area contributed by atoms with Gasteiger partial charge in [0.2, 0.25) is 11.6 Å². The Morgan fingerprint density at radius 3 is 3.10 bits per heavy atom. The van der Waals surface area contributed by atoms with Crippen LogP contribution in [0.4, 0.5) is 0 Å². The molecule has 0 atom stereocenters. The van der Waals surface area contributed by atoms with Crippen molar-refractivity contribution in [3.05, 3.63) is 30.2 Å². The molecule has 106 valence electrons. The van der Waals surface area contributed by atoms with Gasteiger partial charge < -0.3 is 9.32 Å². The Hall–Kier alpha value is -1.88. The maximum absolute atomic E-state index is 12.1. The molecule has 2 aromatic heterocycles. The number of hydrogen-bond donors (Lipinski definition) is 0. The summed E-state index contributed by atoms with van der Waals surface area (Å²) in [7, 11) is 0. The van der Waals surface area contributed by atoms with Gasteiger partial charge in [0, 0.05) is 31.2 Å². The lowest BCUT2D eigenvalue weighted by Gasteiger charge is -2.19. The second-order valence-corrected chi connectivity index (χ2v) is 5.15. The number of nitrogens with zero attached hydrogens (tertiary/aromatic N) is 3. The number of furan rings is 1. The molecule has 2 aromatic rings. The van der Waals surface area contributed by atoms with E-state index in [1.54, 1.807) is 6.20 Å². The van der Waals surface area contributed by atoms with E-state index < -0.39 is 0 Å². The highest BCUT2D eigenvalue weighted by Crippen LogP contribution is 2.18. The van der Waals surface area contributed by atoms with Crippen molar-refractivity contribution < 1.29 is 9.21 Å². The molecule has 1 amide bonds. The minimum atomic E-state index is 0.208. The van der Waals surface area contributed by atoms with Gasteiger partial charge in [-0.1, -0.05) is 0 Å². The molecule has 1 aliphatic rings. The third kappa shape index (κ3) is 2.67. The molecule has 0 spiro atoms. The number of hydrogen-bond acceptors (Lipinski definition) is 4. The highest BCUT2D eigenvalue weighted by atomic mass is 16.3. The van der Waals surface area contributed by atoms with E-state index in [0.29, 0.717) is 18.8 Å². The molecule has 0 radical (unpaired) electrons. The van der Waals surface area contributed by atoms with E-state index in [-0.39, 0.29) is 5.91 Å². The molecule has 20 heavy (non-hydrogen) atoms. The quantitative estimate of drug-likeness (QED) is 0.857. The SMILES string of the molecule is CCN1CCCN(Cc2cc3cccnc3o2)CC1=O. The van der Waals surface area contributed by atoms with Crippen LogP contribution in [0.3, 0.4) is 0 Å². The number of aromatic nitrogens is 1. The average Bonchev–Trinajstić information content (AvgIpc) is 2.76. The van der Waals surface area contributed by atoms with Gasteiger partial charge in [0.1, 0.15) is 5.76 Å². The van der Waals surface area contributed by atoms with Crippen LogP contribution in [0, 0.1) is 0 Å². The Balaban J connectivity index is 1.72. The van der Waals surface area contributed by atoms with Crippen LogP contribution in [0.1, 0.15) is 19.1 Å². The van der Waals surface area contributed by atoms with Crippen LogP contribution < -0.4 is 0 Å². The van der Waals surface area contributed by atoms with Crippen molar-refractivity contribution in [2.45, 2.75) is 19.9 Å². The standard InChI is InChI=1S/C15H19N3O2/c1-2-18-8-4-7-17(11-14(18)19)10-13-9-12-5-3-6-16-15(12)20-13/h3,5-6,9H,2,4,7-8,10-11H2,1H3. The zero-order chi connectivity index (χ0) is 13.9. The lowest BCUT2D eigenvalue weighted by Crippen LogP contribution is -2.36. The number of likely N-dealkylation sites (N-methyl/N-ethyl adjacent to an activating group) is 1. The number of rotatable bonds is 3. The molecule has 1 saturated heterocycles. The highest BCUT2D eigenvalue weighted by Gasteiger charge is 2.21. The van der Waals surface area contributed by atoms with Crippen LogP contribution in [-0.4, -0.2) is 46.9 Å². The summed E-state index contributed by atoms with van der Waals surface area (Å²) >= 11 is 0. The van der Waals surface area contributed by atoms with E-state index in [9.17, 15) is 4.79 Å². The monoisotopic (exact) mass is 273 g/mol. The zero-order valence-corrected chi connectivity index (χ0v) is 11.7. The fraction of sp³-hybridized carbons (Fsp3) is 0.467. The van der Waals surface area contributed by atoms with Gasteiger partial charge in [0.25, 0.3) is 0 Å². The van der Waals surface area contributed by atoms with Crippen molar-refractivity contribution in [3.8, 4) is 0 Å². The largest absolute Gasteiger partial charge is 0.441 e. The second kappa shape index (κ2) is 5.63. The van der Waals surface area contributed by atoms with E-state index in [2.05, 4.69) is 9.88 Å². The molecule has 5 heteroatoms. The zero-order valence-electron chi connectivity index (χ0n) is 11.7. The number of carbonyl (C=O) groups is 1. The molecule has 0 N–H and O–H groups in total. The predicted molar refractivity (Wildman–Crippen MR) is 76.2 cm³/mol. The second-order valence-electron chi connectivity index (χ2n) is 5.15. The molecule has 1 fully saturated rings. The third-order valence-corrected chi connectivity index (χ3v) is 3.72. The summed E-state index contributed by atoms with van der Waals surface area (Å²) in [4.78, 5) is 20.3. The van der Waals surface area contributed by atoms with Gasteiger partial charge in [-0.25, -0.2) is 4.98 Å². The summed E-state index contributed by atoms with van der Waals surface area (Å²) < 4.78 is 5.72. The maximum Gasteiger partial charge on any atom is 0.236 e. The number of pyridine rings is 1. The first kappa shape index (κ1) is 13.1. The Bertz CT molecular complexity index is 575. The van der Waals surface area contributed by atoms with Gasteiger partial charge in [0.05, 0.1) is 13.1 Å². The molecule has 3 rings (SSSR count). The van der Waals surface area contributed by atoms with Crippen LogP contribution in [0.5, 0.6) is 0 Å². The topological polar surface area (TPSA) is 49.6 Å². The van der Waals surface area contributed by atoms with Crippen LogP contribution in [0.25, 0.3) is 11.1 Å². The Morgan fingerprint density at radius 2 is 2.30 bits per heavy atom. The van der Waals surface area contributed by atoms with Gasteiger partial charge in [-0.3, -0.25) is 9.69 Å². The number of amides is 1. The first-order valence-electron chi connectivity index (χ1n) is 7.10. The Labute approximate surface area is 118 Å². The number of fused-ring (bicyclic) bond motifs is 1. The van der Waals surface area contributed by atoms with Gasteiger partial charge in [0.15, 0.2) is 0 Å². The molecule has 0 unspecified atom stereocenters. The molecule has 3 heterocycles. The fourth-order valence-corrected chi connectivity index (χ4v) is 2.67. The van der Waals surface area contributed by atoms with Crippen molar-refractivity contribution in [2.24, 2.45) is 0 Å². The van der Waals surface area contributed by atoms with Crippen LogP contribution in [-0.2, 0) is 11.3 Å². The van der Waals surface area contributed by atoms with Crippen LogP contribution in [0.2, 0.25) is 0 Å². The maximum atomic E-state index is 12.1. The minimum Gasteiger partial charge on any atom is -0.441 e. The lowest BCUT2D eigenvalue weighted by molar-refractivity contribution is -0.131. The van der Waals surface area contributed by atoms with Crippen molar-refractivity contribution >= 4 is 17.0 Å². The summed E-state index contributed by atoms with van der Waals surface area (Å²) in [5, 5.41) is 1.01. The first-order chi connectivity index (χ1) is 9.76. The molecule has 0 bridgehead atoms. The van der Waals surface area contributed by atoms with Crippen molar-refractivity contribution in [2.75, 3.05) is 26.2 Å². The molecule has 0 aliphatic carbocycles. The summed E-state index contributed by atoms with van der Waals surface area (Å²) in [5.74, 6) is 1.08. The van der Waals surface area contributed by atoms with Crippen molar-refractivity contribution in [1.29, 1.82) is 0 Å². The fourth-order valence-electron chi connectivity index (χ4n) is 2.67. The molecular weight excluding hydrogens is 254 g/mol. The molecule has 0 aromatic carbocycles. The minimum absolute atomic E-state index is 0.208.